The second-order valence-corrected chi connectivity index (χ2v) is 8.65. The number of halogens is 1. The third-order valence-corrected chi connectivity index (χ3v) is 6.57. The normalized spacial score (nSPS) is 17.1. The highest BCUT2D eigenvalue weighted by molar-refractivity contribution is 7.14. The van der Waals surface area contributed by atoms with Gasteiger partial charge in [0.15, 0.2) is 5.78 Å². The van der Waals surface area contributed by atoms with Crippen LogP contribution in [-0.2, 0) is 6.54 Å². The van der Waals surface area contributed by atoms with Crippen molar-refractivity contribution in [1.29, 1.82) is 0 Å². The van der Waals surface area contributed by atoms with Gasteiger partial charge in [0.05, 0.1) is 17.7 Å². The Balaban J connectivity index is 1.59. The summed E-state index contributed by atoms with van der Waals surface area (Å²) in [6, 6.07) is 15.3. The third kappa shape index (κ3) is 4.37. The van der Waals surface area contributed by atoms with Gasteiger partial charge in [0.2, 0.25) is 0 Å². The molecule has 4 rings (SSSR count). The minimum atomic E-state index is -0.0588. The predicted molar refractivity (Wildman–Crippen MR) is 123 cm³/mol. The highest BCUT2D eigenvalue weighted by atomic mass is 35.5. The van der Waals surface area contributed by atoms with Crippen LogP contribution in [0, 0.1) is 0 Å². The fourth-order valence-electron chi connectivity index (χ4n) is 3.84. The van der Waals surface area contributed by atoms with Gasteiger partial charge in [-0.05, 0) is 52.9 Å². The third-order valence-electron chi connectivity index (χ3n) is 5.46. The fraction of sp³-hybridized carbons (Fsp3) is 0.261. The Bertz CT molecular complexity index is 1020. The maximum absolute atomic E-state index is 13.2. The van der Waals surface area contributed by atoms with Crippen molar-refractivity contribution in [3.8, 4) is 5.75 Å². The number of piperazine rings is 1. The topological polar surface area (TPSA) is 67.6 Å². The number of ketones is 1. The summed E-state index contributed by atoms with van der Waals surface area (Å²) in [5, 5.41) is 6.64. The number of thiophene rings is 1. The molecule has 7 heteroatoms. The van der Waals surface area contributed by atoms with Crippen molar-refractivity contribution < 1.29 is 9.53 Å². The first-order valence-electron chi connectivity index (χ1n) is 9.81. The van der Waals surface area contributed by atoms with Crippen LogP contribution in [0.15, 0.2) is 53.9 Å². The number of hydrogen-bond acceptors (Lipinski definition) is 6. The zero-order valence-corrected chi connectivity index (χ0v) is 18.3. The molecule has 0 spiro atoms. The molecule has 0 radical (unpaired) electrons. The van der Waals surface area contributed by atoms with Gasteiger partial charge in [0.25, 0.3) is 0 Å². The van der Waals surface area contributed by atoms with E-state index in [1.54, 1.807) is 31.4 Å². The zero-order chi connectivity index (χ0) is 21.1. The molecule has 1 aliphatic heterocycles. The number of carbonyl (C=O) groups is 1. The Morgan fingerprint density at radius 1 is 1.23 bits per heavy atom. The fourth-order valence-corrected chi connectivity index (χ4v) is 4.77. The predicted octanol–water partition coefficient (Wildman–Crippen LogP) is 4.37. The minimum absolute atomic E-state index is 0.0588. The summed E-state index contributed by atoms with van der Waals surface area (Å²) in [6.07, 6.45) is 0. The number of carbonyl (C=O) groups excluding carboxylic acids is 1. The average molecular weight is 442 g/mol. The molecule has 1 fully saturated rings. The molecule has 30 heavy (non-hydrogen) atoms. The van der Waals surface area contributed by atoms with E-state index in [1.807, 2.05) is 17.5 Å². The van der Waals surface area contributed by atoms with Crippen molar-refractivity contribution in [3.05, 3.63) is 81.2 Å². The molecule has 5 nitrogen and oxygen atoms in total. The highest BCUT2D eigenvalue weighted by Crippen LogP contribution is 2.32. The molecule has 0 saturated carbocycles. The van der Waals surface area contributed by atoms with Gasteiger partial charge < -0.3 is 15.8 Å². The van der Waals surface area contributed by atoms with E-state index < -0.39 is 0 Å². The van der Waals surface area contributed by atoms with Gasteiger partial charge in [-0.2, -0.15) is 0 Å². The van der Waals surface area contributed by atoms with Crippen molar-refractivity contribution in [2.24, 2.45) is 0 Å². The van der Waals surface area contributed by atoms with E-state index >= 15 is 0 Å². The van der Waals surface area contributed by atoms with Crippen LogP contribution in [0.1, 0.15) is 33.1 Å². The summed E-state index contributed by atoms with van der Waals surface area (Å²) in [6.45, 7) is 3.32. The number of benzene rings is 2. The first-order chi connectivity index (χ1) is 14.6. The maximum atomic E-state index is 13.2. The van der Waals surface area contributed by atoms with Gasteiger partial charge in [-0.1, -0.05) is 23.7 Å². The molecule has 3 aromatic rings. The standard InChI is InChI=1S/C23H24ClN3O2S/c1-29-19-8-4-15(5-9-19)20-12-26-10-11-27(20)13-17-14-30-23(25)21(17)22(28)16-2-6-18(24)7-3-16/h2-9,14,20,26H,10-13,25H2,1H3. The molecule has 2 heterocycles. The van der Waals surface area contributed by atoms with Gasteiger partial charge in [-0.15, -0.1) is 11.3 Å². The second-order valence-electron chi connectivity index (χ2n) is 7.30. The van der Waals surface area contributed by atoms with Gasteiger partial charge in [0, 0.05) is 42.8 Å². The Kier molecular flexibility index (Phi) is 6.39. The summed E-state index contributed by atoms with van der Waals surface area (Å²) in [5.41, 5.74) is 9.61. The van der Waals surface area contributed by atoms with E-state index in [0.717, 1.165) is 30.9 Å². The Labute approximate surface area is 185 Å². The molecule has 1 saturated heterocycles. The van der Waals surface area contributed by atoms with Gasteiger partial charge in [-0.3, -0.25) is 9.69 Å². The molecule has 0 amide bonds. The highest BCUT2D eigenvalue weighted by Gasteiger charge is 2.27. The molecule has 1 aromatic heterocycles. The van der Waals surface area contributed by atoms with Gasteiger partial charge >= 0.3 is 0 Å². The van der Waals surface area contributed by atoms with Crippen LogP contribution in [0.4, 0.5) is 5.00 Å². The molecule has 1 atom stereocenters. The lowest BCUT2D eigenvalue weighted by Crippen LogP contribution is -2.45. The maximum Gasteiger partial charge on any atom is 0.196 e. The van der Waals surface area contributed by atoms with Crippen LogP contribution in [0.5, 0.6) is 5.75 Å². The molecule has 0 aliphatic carbocycles. The summed E-state index contributed by atoms with van der Waals surface area (Å²) >= 11 is 7.39. The van der Waals surface area contributed by atoms with Crippen LogP contribution in [0.3, 0.4) is 0 Å². The number of nitrogens with two attached hydrogens (primary N) is 1. The molecule has 2 aromatic carbocycles. The SMILES string of the molecule is COc1ccc(C2CNCCN2Cc2csc(N)c2C(=O)c2ccc(Cl)cc2)cc1. The monoisotopic (exact) mass is 441 g/mol. The van der Waals surface area contributed by atoms with Crippen molar-refractivity contribution >= 4 is 33.7 Å². The van der Waals surface area contributed by atoms with E-state index in [-0.39, 0.29) is 11.8 Å². The van der Waals surface area contributed by atoms with Crippen molar-refractivity contribution in [1.82, 2.24) is 10.2 Å². The van der Waals surface area contributed by atoms with Gasteiger partial charge in [-0.25, -0.2) is 0 Å². The summed E-state index contributed by atoms with van der Waals surface area (Å²) in [7, 11) is 1.67. The van der Waals surface area contributed by atoms with Crippen molar-refractivity contribution in [2.45, 2.75) is 12.6 Å². The second kappa shape index (κ2) is 9.18. The lowest BCUT2D eigenvalue weighted by Gasteiger charge is -2.36. The molecule has 1 unspecified atom stereocenters. The molecule has 156 valence electrons. The van der Waals surface area contributed by atoms with E-state index in [0.29, 0.717) is 27.7 Å². The number of nitrogen functional groups attached to an aromatic ring is 1. The van der Waals surface area contributed by atoms with E-state index in [1.165, 1.54) is 16.9 Å². The van der Waals surface area contributed by atoms with E-state index in [4.69, 9.17) is 22.1 Å². The van der Waals surface area contributed by atoms with E-state index in [9.17, 15) is 4.79 Å². The van der Waals surface area contributed by atoms with E-state index in [2.05, 4.69) is 22.3 Å². The molecule has 0 bridgehead atoms. The lowest BCUT2D eigenvalue weighted by molar-refractivity contribution is 0.103. The molecule has 1 aliphatic rings. The Morgan fingerprint density at radius 2 is 1.97 bits per heavy atom. The van der Waals surface area contributed by atoms with Crippen molar-refractivity contribution in [3.63, 3.8) is 0 Å². The van der Waals surface area contributed by atoms with Crippen LogP contribution < -0.4 is 15.8 Å². The number of anilines is 1. The lowest BCUT2D eigenvalue weighted by atomic mass is 9.99. The number of rotatable bonds is 6. The van der Waals surface area contributed by atoms with Crippen LogP contribution in [0.25, 0.3) is 0 Å². The largest absolute Gasteiger partial charge is 0.497 e. The number of ether oxygens (including phenoxy) is 1. The number of hydrogen-bond donors (Lipinski definition) is 2. The Hall–Kier alpha value is -2.38. The zero-order valence-electron chi connectivity index (χ0n) is 16.7. The molecule has 3 N–H and O–H groups in total. The number of nitrogens with one attached hydrogen (secondary N) is 1. The Morgan fingerprint density at radius 3 is 2.67 bits per heavy atom. The minimum Gasteiger partial charge on any atom is -0.497 e. The summed E-state index contributed by atoms with van der Waals surface area (Å²) < 4.78 is 5.29. The molecular formula is C23H24ClN3O2S. The van der Waals surface area contributed by atoms with Crippen molar-refractivity contribution in [2.75, 3.05) is 32.5 Å². The first kappa shape index (κ1) is 20.9. The smallest absolute Gasteiger partial charge is 0.196 e. The van der Waals surface area contributed by atoms with Crippen LogP contribution >= 0.6 is 22.9 Å². The van der Waals surface area contributed by atoms with Crippen LogP contribution in [0.2, 0.25) is 5.02 Å². The first-order valence-corrected chi connectivity index (χ1v) is 11.1. The number of nitrogens with zero attached hydrogens (tertiary/aromatic N) is 1. The average Bonchev–Trinajstić information content (AvgIpc) is 3.14. The summed E-state index contributed by atoms with van der Waals surface area (Å²) in [5.74, 6) is 0.784. The van der Waals surface area contributed by atoms with Gasteiger partial charge in [0.1, 0.15) is 5.75 Å². The summed E-state index contributed by atoms with van der Waals surface area (Å²) in [4.78, 5) is 15.6. The van der Waals surface area contributed by atoms with Crippen LogP contribution in [-0.4, -0.2) is 37.4 Å². The quantitative estimate of drug-likeness (QED) is 0.556. The number of methoxy groups -OCH3 is 1. The molecular weight excluding hydrogens is 418 g/mol.